The zero-order valence-electron chi connectivity index (χ0n) is 13.6. The lowest BCUT2D eigenvalue weighted by Crippen LogP contribution is -2.44. The van der Waals surface area contributed by atoms with Gasteiger partial charge in [0.25, 0.3) is 0 Å². The quantitative estimate of drug-likeness (QED) is 0.918. The number of nitrogens with one attached hydrogen (secondary N) is 1. The van der Waals surface area contributed by atoms with Crippen LogP contribution in [0.25, 0.3) is 5.57 Å². The molecule has 24 heavy (non-hydrogen) atoms. The zero-order valence-corrected chi connectivity index (χ0v) is 14.3. The van der Waals surface area contributed by atoms with Crippen molar-refractivity contribution < 1.29 is 4.79 Å². The molecule has 1 aliphatic rings. The van der Waals surface area contributed by atoms with Gasteiger partial charge in [-0.1, -0.05) is 48.0 Å². The van der Waals surface area contributed by atoms with Crippen LogP contribution in [0.4, 0.5) is 5.82 Å². The molecule has 0 bridgehead atoms. The van der Waals surface area contributed by atoms with Crippen molar-refractivity contribution in [2.24, 2.45) is 0 Å². The first kappa shape index (κ1) is 16.7. The number of carbonyl (C=O) groups excluding carboxylic acids is 1. The minimum Gasteiger partial charge on any atom is -0.309 e. The highest BCUT2D eigenvalue weighted by Crippen LogP contribution is 2.23. The van der Waals surface area contributed by atoms with Gasteiger partial charge >= 0.3 is 0 Å². The third kappa shape index (κ3) is 4.02. The predicted molar refractivity (Wildman–Crippen MR) is 97.9 cm³/mol. The van der Waals surface area contributed by atoms with Gasteiger partial charge in [-0.15, -0.1) is 0 Å². The first-order chi connectivity index (χ1) is 11.6. The molecule has 2 heterocycles. The van der Waals surface area contributed by atoms with Crippen molar-refractivity contribution in [3.63, 3.8) is 0 Å². The lowest BCUT2D eigenvalue weighted by Gasteiger charge is -2.31. The van der Waals surface area contributed by atoms with Crippen LogP contribution >= 0.6 is 11.6 Å². The summed E-state index contributed by atoms with van der Waals surface area (Å²) < 4.78 is 0. The molecule has 1 aromatic carbocycles. The second-order valence-corrected chi connectivity index (χ2v) is 6.30. The fourth-order valence-electron chi connectivity index (χ4n) is 2.80. The summed E-state index contributed by atoms with van der Waals surface area (Å²) in [6.07, 6.45) is 4.68. The van der Waals surface area contributed by atoms with Crippen molar-refractivity contribution in [3.8, 4) is 0 Å². The van der Waals surface area contributed by atoms with Crippen LogP contribution in [0.3, 0.4) is 0 Å². The molecule has 5 heteroatoms. The molecular formula is C19H20ClN3O. The molecule has 1 atom stereocenters. The largest absolute Gasteiger partial charge is 0.309 e. The summed E-state index contributed by atoms with van der Waals surface area (Å²) in [6, 6.07) is 13.6. The number of halogens is 1. The van der Waals surface area contributed by atoms with Gasteiger partial charge in [0.05, 0.1) is 11.1 Å². The number of nitrogens with zero attached hydrogens (tertiary/aromatic N) is 2. The average Bonchev–Trinajstić information content (AvgIpc) is 2.64. The third-order valence-electron chi connectivity index (χ3n) is 4.29. The standard InChI is InChI=1S/C19H20ClN3O/c1-14(19(24)22-18-8-7-17(20)13-21-18)23-11-9-16(10-12-23)15-5-3-2-4-6-15/h2-9,13-14H,10-12H2,1H3,(H,21,22,24). The molecule has 0 spiro atoms. The van der Waals surface area contributed by atoms with Crippen LogP contribution < -0.4 is 5.32 Å². The highest BCUT2D eigenvalue weighted by Gasteiger charge is 2.23. The van der Waals surface area contributed by atoms with Crippen molar-refractivity contribution >= 4 is 28.9 Å². The van der Waals surface area contributed by atoms with Crippen LogP contribution in [-0.2, 0) is 4.79 Å². The molecule has 0 radical (unpaired) electrons. The summed E-state index contributed by atoms with van der Waals surface area (Å²) in [5.41, 5.74) is 2.61. The van der Waals surface area contributed by atoms with Crippen LogP contribution in [0.15, 0.2) is 54.7 Å². The van der Waals surface area contributed by atoms with Crippen molar-refractivity contribution in [3.05, 3.63) is 65.3 Å². The molecule has 4 nitrogen and oxygen atoms in total. The number of benzene rings is 1. The van der Waals surface area contributed by atoms with Crippen molar-refractivity contribution in [2.45, 2.75) is 19.4 Å². The number of aromatic nitrogens is 1. The number of pyridine rings is 1. The number of amides is 1. The molecule has 0 saturated heterocycles. The Morgan fingerprint density at radius 2 is 2.04 bits per heavy atom. The number of carbonyl (C=O) groups is 1. The first-order valence-electron chi connectivity index (χ1n) is 8.04. The zero-order chi connectivity index (χ0) is 16.9. The fraction of sp³-hybridized carbons (Fsp3) is 0.263. The van der Waals surface area contributed by atoms with Crippen molar-refractivity contribution in [2.75, 3.05) is 18.4 Å². The Balaban J connectivity index is 1.60. The van der Waals surface area contributed by atoms with E-state index >= 15 is 0 Å². The highest BCUT2D eigenvalue weighted by atomic mass is 35.5. The Morgan fingerprint density at radius 3 is 2.67 bits per heavy atom. The normalized spacial score (nSPS) is 16.3. The minimum absolute atomic E-state index is 0.0543. The van der Waals surface area contributed by atoms with Crippen LogP contribution in [-0.4, -0.2) is 34.9 Å². The number of hydrogen-bond donors (Lipinski definition) is 1. The summed E-state index contributed by atoms with van der Waals surface area (Å²) in [6.45, 7) is 3.56. The molecule has 1 aliphatic heterocycles. The van der Waals surface area contributed by atoms with E-state index in [2.05, 4.69) is 45.5 Å². The van der Waals surface area contributed by atoms with E-state index in [0.29, 0.717) is 10.8 Å². The molecule has 124 valence electrons. The summed E-state index contributed by atoms with van der Waals surface area (Å²) in [4.78, 5) is 18.7. The van der Waals surface area contributed by atoms with Crippen molar-refractivity contribution in [1.29, 1.82) is 0 Å². The average molecular weight is 342 g/mol. The lowest BCUT2D eigenvalue weighted by atomic mass is 9.99. The van der Waals surface area contributed by atoms with Crippen LogP contribution in [0.2, 0.25) is 5.02 Å². The molecule has 1 aromatic heterocycles. The lowest BCUT2D eigenvalue weighted by molar-refractivity contribution is -0.120. The van der Waals surface area contributed by atoms with E-state index in [1.165, 1.54) is 17.3 Å². The molecule has 1 unspecified atom stereocenters. The third-order valence-corrected chi connectivity index (χ3v) is 4.51. The summed E-state index contributed by atoms with van der Waals surface area (Å²) in [7, 11) is 0. The van der Waals surface area contributed by atoms with E-state index < -0.39 is 0 Å². The van der Waals surface area contributed by atoms with E-state index in [1.54, 1.807) is 12.1 Å². The Bertz CT molecular complexity index is 728. The number of rotatable bonds is 4. The predicted octanol–water partition coefficient (Wildman–Crippen LogP) is 3.85. The van der Waals surface area contributed by atoms with Gasteiger partial charge in [0.15, 0.2) is 0 Å². The SMILES string of the molecule is CC(C(=O)Nc1ccc(Cl)cn1)N1CC=C(c2ccccc2)CC1. The highest BCUT2D eigenvalue weighted by molar-refractivity contribution is 6.30. The van der Waals surface area contributed by atoms with Gasteiger partial charge in [-0.2, -0.15) is 0 Å². The maximum atomic E-state index is 12.4. The van der Waals surface area contributed by atoms with Gasteiger partial charge in [0, 0.05) is 19.3 Å². The van der Waals surface area contributed by atoms with Crippen LogP contribution in [0.5, 0.6) is 0 Å². The van der Waals surface area contributed by atoms with Gasteiger partial charge in [0.1, 0.15) is 5.82 Å². The van der Waals surface area contributed by atoms with Gasteiger partial charge in [-0.05, 0) is 36.6 Å². The van der Waals surface area contributed by atoms with E-state index in [9.17, 15) is 4.79 Å². The summed E-state index contributed by atoms with van der Waals surface area (Å²) in [5.74, 6) is 0.468. The molecular weight excluding hydrogens is 322 g/mol. The Kier molecular flexibility index (Phi) is 5.28. The second kappa shape index (κ2) is 7.60. The molecule has 0 aliphatic carbocycles. The molecule has 2 aromatic rings. The molecule has 0 fully saturated rings. The minimum atomic E-state index is -0.212. The van der Waals surface area contributed by atoms with Crippen molar-refractivity contribution in [1.82, 2.24) is 9.88 Å². The van der Waals surface area contributed by atoms with Crippen LogP contribution in [0, 0.1) is 0 Å². The summed E-state index contributed by atoms with van der Waals surface area (Å²) >= 11 is 5.81. The fourth-order valence-corrected chi connectivity index (χ4v) is 2.91. The van der Waals surface area contributed by atoms with Crippen LogP contribution in [0.1, 0.15) is 18.9 Å². The van der Waals surface area contributed by atoms with E-state index in [0.717, 1.165) is 19.5 Å². The van der Waals surface area contributed by atoms with E-state index in [-0.39, 0.29) is 11.9 Å². The molecule has 3 rings (SSSR count). The van der Waals surface area contributed by atoms with Gasteiger partial charge in [0.2, 0.25) is 5.91 Å². The smallest absolute Gasteiger partial charge is 0.242 e. The van der Waals surface area contributed by atoms with E-state index in [1.807, 2.05) is 13.0 Å². The second-order valence-electron chi connectivity index (χ2n) is 5.87. The molecule has 1 N–H and O–H groups in total. The molecule has 0 saturated carbocycles. The number of anilines is 1. The summed E-state index contributed by atoms with van der Waals surface area (Å²) in [5, 5.41) is 3.39. The Hall–Kier alpha value is -2.17. The topological polar surface area (TPSA) is 45.2 Å². The van der Waals surface area contributed by atoms with Gasteiger partial charge < -0.3 is 5.32 Å². The maximum absolute atomic E-state index is 12.4. The van der Waals surface area contributed by atoms with Gasteiger partial charge in [-0.3, -0.25) is 9.69 Å². The number of hydrogen-bond acceptors (Lipinski definition) is 3. The van der Waals surface area contributed by atoms with E-state index in [4.69, 9.17) is 11.6 Å². The molecule has 1 amide bonds. The Labute approximate surface area is 147 Å². The maximum Gasteiger partial charge on any atom is 0.242 e. The Morgan fingerprint density at radius 1 is 1.25 bits per heavy atom. The first-order valence-corrected chi connectivity index (χ1v) is 8.42. The van der Waals surface area contributed by atoms with Gasteiger partial charge in [-0.25, -0.2) is 4.98 Å². The monoisotopic (exact) mass is 341 g/mol.